The van der Waals surface area contributed by atoms with Gasteiger partial charge in [-0.25, -0.2) is 5.10 Å². The predicted molar refractivity (Wildman–Crippen MR) is 63.1 cm³/mol. The SMILES string of the molecule is CC(NC(=O)c1cc(Cl)n[nH]c1=O)C(C)(C)O. The van der Waals surface area contributed by atoms with Gasteiger partial charge in [-0.1, -0.05) is 11.6 Å². The van der Waals surface area contributed by atoms with Gasteiger partial charge in [0.25, 0.3) is 11.5 Å². The summed E-state index contributed by atoms with van der Waals surface area (Å²) in [5.41, 5.74) is -1.85. The maximum absolute atomic E-state index is 11.7. The summed E-state index contributed by atoms with van der Waals surface area (Å²) in [6, 6.07) is 0.661. The maximum Gasteiger partial charge on any atom is 0.277 e. The van der Waals surface area contributed by atoms with Crippen LogP contribution in [0.3, 0.4) is 0 Å². The fourth-order valence-electron chi connectivity index (χ4n) is 1.00. The van der Waals surface area contributed by atoms with E-state index >= 15 is 0 Å². The lowest BCUT2D eigenvalue weighted by Crippen LogP contribution is -2.48. The Labute approximate surface area is 103 Å². The summed E-state index contributed by atoms with van der Waals surface area (Å²) in [6.07, 6.45) is 0. The van der Waals surface area contributed by atoms with Crippen LogP contribution in [-0.4, -0.2) is 32.9 Å². The third-order valence-corrected chi connectivity index (χ3v) is 2.62. The average Bonchev–Trinajstić information content (AvgIpc) is 2.20. The van der Waals surface area contributed by atoms with Crippen molar-refractivity contribution in [1.82, 2.24) is 15.5 Å². The summed E-state index contributed by atoms with van der Waals surface area (Å²) in [6.45, 7) is 4.75. The molecule has 94 valence electrons. The van der Waals surface area contributed by atoms with E-state index in [9.17, 15) is 14.7 Å². The number of hydrogen-bond donors (Lipinski definition) is 3. The summed E-state index contributed by atoms with van der Waals surface area (Å²) in [7, 11) is 0. The standard InChI is InChI=1S/C10H14ClN3O3/c1-5(10(2,3)17)12-8(15)6-4-7(11)13-14-9(6)16/h4-5,17H,1-3H3,(H,12,15)(H,14,16). The highest BCUT2D eigenvalue weighted by atomic mass is 35.5. The van der Waals surface area contributed by atoms with E-state index < -0.39 is 23.1 Å². The summed E-state index contributed by atoms with van der Waals surface area (Å²) in [5, 5.41) is 17.7. The summed E-state index contributed by atoms with van der Waals surface area (Å²) in [5.74, 6) is -0.606. The van der Waals surface area contributed by atoms with Crippen molar-refractivity contribution in [3.8, 4) is 0 Å². The Bertz CT molecular complexity index is 478. The van der Waals surface area contributed by atoms with Crippen molar-refractivity contribution in [2.45, 2.75) is 32.4 Å². The van der Waals surface area contributed by atoms with Gasteiger partial charge < -0.3 is 10.4 Å². The fraction of sp³-hybridized carbons (Fsp3) is 0.500. The zero-order chi connectivity index (χ0) is 13.2. The molecular weight excluding hydrogens is 246 g/mol. The Morgan fingerprint density at radius 3 is 2.76 bits per heavy atom. The van der Waals surface area contributed by atoms with Gasteiger partial charge in [0.1, 0.15) is 10.7 Å². The first kappa shape index (κ1) is 13.7. The lowest BCUT2D eigenvalue weighted by molar-refractivity contribution is 0.0408. The average molecular weight is 260 g/mol. The quantitative estimate of drug-likeness (QED) is 0.728. The molecule has 1 rings (SSSR count). The topological polar surface area (TPSA) is 95.1 Å². The Balaban J connectivity index is 2.91. The van der Waals surface area contributed by atoms with Gasteiger partial charge in [-0.15, -0.1) is 0 Å². The molecule has 7 heteroatoms. The number of carbonyl (C=O) groups is 1. The highest BCUT2D eigenvalue weighted by molar-refractivity contribution is 6.29. The highest BCUT2D eigenvalue weighted by Gasteiger charge is 2.25. The maximum atomic E-state index is 11.7. The van der Waals surface area contributed by atoms with Crippen LogP contribution in [0.15, 0.2) is 10.9 Å². The van der Waals surface area contributed by atoms with Crippen LogP contribution in [0.5, 0.6) is 0 Å². The van der Waals surface area contributed by atoms with Crippen molar-refractivity contribution in [1.29, 1.82) is 0 Å². The Hall–Kier alpha value is -1.40. The van der Waals surface area contributed by atoms with E-state index in [1.54, 1.807) is 20.8 Å². The molecule has 0 bridgehead atoms. The summed E-state index contributed by atoms with van der Waals surface area (Å²) < 4.78 is 0. The van der Waals surface area contributed by atoms with Crippen molar-refractivity contribution in [3.05, 3.63) is 27.1 Å². The smallest absolute Gasteiger partial charge is 0.277 e. The number of H-pyrrole nitrogens is 1. The van der Waals surface area contributed by atoms with E-state index in [-0.39, 0.29) is 10.7 Å². The van der Waals surface area contributed by atoms with E-state index in [1.807, 2.05) is 0 Å². The third-order valence-electron chi connectivity index (χ3n) is 2.42. The van der Waals surface area contributed by atoms with Crippen molar-refractivity contribution in [3.63, 3.8) is 0 Å². The van der Waals surface area contributed by atoms with Gasteiger partial charge in [0, 0.05) is 0 Å². The molecule has 0 radical (unpaired) electrons. The van der Waals surface area contributed by atoms with E-state index in [1.165, 1.54) is 6.07 Å². The van der Waals surface area contributed by atoms with Crippen LogP contribution < -0.4 is 10.9 Å². The van der Waals surface area contributed by atoms with E-state index in [4.69, 9.17) is 11.6 Å². The zero-order valence-corrected chi connectivity index (χ0v) is 10.5. The summed E-state index contributed by atoms with van der Waals surface area (Å²) in [4.78, 5) is 23.1. The minimum absolute atomic E-state index is 0.0191. The molecule has 1 aromatic heterocycles. The lowest BCUT2D eigenvalue weighted by atomic mass is 10.0. The van der Waals surface area contributed by atoms with Gasteiger partial charge in [0.15, 0.2) is 0 Å². The first-order chi connectivity index (χ1) is 7.71. The summed E-state index contributed by atoms with van der Waals surface area (Å²) >= 11 is 5.58. The van der Waals surface area contributed by atoms with Crippen LogP contribution in [0, 0.1) is 0 Å². The number of amides is 1. The number of aliphatic hydroxyl groups is 1. The van der Waals surface area contributed by atoms with Crippen molar-refractivity contribution >= 4 is 17.5 Å². The van der Waals surface area contributed by atoms with Gasteiger partial charge >= 0.3 is 0 Å². The van der Waals surface area contributed by atoms with Gasteiger partial charge in [-0.2, -0.15) is 5.10 Å². The molecule has 17 heavy (non-hydrogen) atoms. The van der Waals surface area contributed by atoms with E-state index in [2.05, 4.69) is 15.5 Å². The molecule has 1 unspecified atom stereocenters. The highest BCUT2D eigenvalue weighted by Crippen LogP contribution is 2.08. The second-order valence-corrected chi connectivity index (χ2v) is 4.67. The Morgan fingerprint density at radius 2 is 2.24 bits per heavy atom. The number of aromatic nitrogens is 2. The molecule has 0 saturated heterocycles. The van der Waals surface area contributed by atoms with Crippen LogP contribution in [-0.2, 0) is 0 Å². The normalized spacial score (nSPS) is 13.2. The van der Waals surface area contributed by atoms with Gasteiger partial charge in [-0.05, 0) is 26.8 Å². The van der Waals surface area contributed by atoms with Crippen LogP contribution in [0.4, 0.5) is 0 Å². The molecule has 0 aliphatic heterocycles. The van der Waals surface area contributed by atoms with Gasteiger partial charge in [0.2, 0.25) is 0 Å². The minimum Gasteiger partial charge on any atom is -0.388 e. The molecule has 1 amide bonds. The number of aromatic amines is 1. The second-order valence-electron chi connectivity index (χ2n) is 4.28. The molecule has 1 atom stereocenters. The molecule has 0 aliphatic carbocycles. The molecule has 0 aliphatic rings. The van der Waals surface area contributed by atoms with Crippen LogP contribution in [0.1, 0.15) is 31.1 Å². The first-order valence-corrected chi connectivity index (χ1v) is 5.38. The molecule has 6 nitrogen and oxygen atoms in total. The number of halogens is 1. The molecule has 3 N–H and O–H groups in total. The first-order valence-electron chi connectivity index (χ1n) is 5.00. The monoisotopic (exact) mass is 259 g/mol. The fourth-order valence-corrected chi connectivity index (χ4v) is 1.15. The number of hydrogen-bond acceptors (Lipinski definition) is 4. The molecule has 0 saturated carbocycles. The van der Waals surface area contributed by atoms with Gasteiger partial charge in [0.05, 0.1) is 11.6 Å². The van der Waals surface area contributed by atoms with Crippen LogP contribution in [0.25, 0.3) is 0 Å². The molecule has 0 spiro atoms. The van der Waals surface area contributed by atoms with Crippen LogP contribution >= 0.6 is 11.6 Å². The van der Waals surface area contributed by atoms with E-state index in [0.29, 0.717) is 0 Å². The molecule has 0 aromatic carbocycles. The number of rotatable bonds is 3. The Morgan fingerprint density at radius 1 is 1.65 bits per heavy atom. The molecule has 0 fully saturated rings. The lowest BCUT2D eigenvalue weighted by Gasteiger charge is -2.26. The molecule has 1 aromatic rings. The van der Waals surface area contributed by atoms with E-state index in [0.717, 1.165) is 0 Å². The van der Waals surface area contributed by atoms with Gasteiger partial charge in [-0.3, -0.25) is 9.59 Å². The third kappa shape index (κ3) is 3.54. The Kier molecular flexibility index (Phi) is 3.90. The molecule has 1 heterocycles. The van der Waals surface area contributed by atoms with Crippen molar-refractivity contribution in [2.24, 2.45) is 0 Å². The number of nitrogens with one attached hydrogen (secondary N) is 2. The largest absolute Gasteiger partial charge is 0.388 e. The molecular formula is C10H14ClN3O3. The predicted octanol–water partition coefficient (Wildman–Crippen LogP) is 0.312. The zero-order valence-electron chi connectivity index (χ0n) is 9.74. The minimum atomic E-state index is -1.08. The van der Waals surface area contributed by atoms with Crippen molar-refractivity contribution in [2.75, 3.05) is 0 Å². The number of carbonyl (C=O) groups excluding carboxylic acids is 1. The van der Waals surface area contributed by atoms with Crippen molar-refractivity contribution < 1.29 is 9.90 Å². The van der Waals surface area contributed by atoms with Crippen LogP contribution in [0.2, 0.25) is 5.15 Å². The second kappa shape index (κ2) is 4.85. The number of nitrogens with zero attached hydrogens (tertiary/aromatic N) is 1.